The van der Waals surface area contributed by atoms with Gasteiger partial charge in [0.2, 0.25) is 0 Å². The van der Waals surface area contributed by atoms with Gasteiger partial charge in [0.1, 0.15) is 0 Å². The Kier molecular flexibility index (Phi) is 5.93. The number of hydrogen-bond acceptors (Lipinski definition) is 4. The van der Waals surface area contributed by atoms with Gasteiger partial charge in [-0.2, -0.15) is 0 Å². The van der Waals surface area contributed by atoms with Crippen LogP contribution in [0.2, 0.25) is 8.67 Å². The van der Waals surface area contributed by atoms with Crippen LogP contribution in [0.25, 0.3) is 0 Å². The van der Waals surface area contributed by atoms with E-state index in [0.717, 1.165) is 34.5 Å². The second-order valence-corrected chi connectivity index (χ2v) is 7.06. The third kappa shape index (κ3) is 3.84. The Morgan fingerprint density at radius 3 is 3.00 bits per heavy atom. The Morgan fingerprint density at radius 1 is 1.47 bits per heavy atom. The summed E-state index contributed by atoms with van der Waals surface area (Å²) in [7, 11) is 1.59. The van der Waals surface area contributed by atoms with Gasteiger partial charge in [-0.15, -0.1) is 11.3 Å². The first-order valence-electron chi connectivity index (χ1n) is 6.50. The predicted octanol–water partition coefficient (Wildman–Crippen LogP) is 3.42. The lowest BCUT2D eigenvalue weighted by Crippen LogP contribution is -2.29. The minimum absolute atomic E-state index is 0.259. The molecule has 0 bridgehead atoms. The van der Waals surface area contributed by atoms with Crippen LogP contribution >= 0.6 is 34.5 Å². The van der Waals surface area contributed by atoms with Gasteiger partial charge in [-0.05, 0) is 37.8 Å². The van der Waals surface area contributed by atoms with Crippen molar-refractivity contribution in [3.05, 3.63) is 19.8 Å². The van der Waals surface area contributed by atoms with E-state index < -0.39 is 6.10 Å². The molecule has 0 radical (unpaired) electrons. The first-order chi connectivity index (χ1) is 9.13. The van der Waals surface area contributed by atoms with Crippen molar-refractivity contribution in [1.82, 2.24) is 5.32 Å². The van der Waals surface area contributed by atoms with E-state index in [1.54, 1.807) is 7.11 Å². The fraction of sp³-hybridized carbons (Fsp3) is 0.692. The molecule has 0 saturated carbocycles. The predicted molar refractivity (Wildman–Crippen MR) is 80.5 cm³/mol. The van der Waals surface area contributed by atoms with Gasteiger partial charge in [0.05, 0.1) is 21.4 Å². The normalized spacial score (nSPS) is 20.3. The van der Waals surface area contributed by atoms with E-state index >= 15 is 0 Å². The lowest BCUT2D eigenvalue weighted by Gasteiger charge is -2.25. The molecule has 1 aliphatic carbocycles. The molecule has 19 heavy (non-hydrogen) atoms. The summed E-state index contributed by atoms with van der Waals surface area (Å²) in [5.41, 5.74) is 2.38. The molecule has 3 nitrogen and oxygen atoms in total. The maximum Gasteiger partial charge on any atom is 0.0994 e. The summed E-state index contributed by atoms with van der Waals surface area (Å²) in [6.07, 6.45) is 3.47. The van der Waals surface area contributed by atoms with Crippen molar-refractivity contribution in [2.75, 3.05) is 20.3 Å². The van der Waals surface area contributed by atoms with Gasteiger partial charge in [-0.25, -0.2) is 0 Å². The second kappa shape index (κ2) is 7.25. The lowest BCUT2D eigenvalue weighted by molar-refractivity contribution is 0.0588. The Labute approximate surface area is 127 Å². The van der Waals surface area contributed by atoms with E-state index in [0.29, 0.717) is 13.0 Å². The maximum atomic E-state index is 9.62. The topological polar surface area (TPSA) is 41.5 Å². The van der Waals surface area contributed by atoms with Crippen molar-refractivity contribution in [2.24, 2.45) is 0 Å². The minimum Gasteiger partial charge on any atom is -0.391 e. The number of fused-ring (bicyclic) bond motifs is 1. The number of methoxy groups -OCH3 is 1. The number of halogens is 2. The summed E-state index contributed by atoms with van der Waals surface area (Å²) in [6.45, 7) is 1.13. The molecule has 2 rings (SSSR count). The molecule has 108 valence electrons. The van der Waals surface area contributed by atoms with Crippen LogP contribution in [-0.2, 0) is 11.2 Å². The number of nitrogens with one attached hydrogen (secondary N) is 1. The zero-order valence-corrected chi connectivity index (χ0v) is 13.2. The average molecular weight is 324 g/mol. The van der Waals surface area contributed by atoms with E-state index in [9.17, 15) is 5.11 Å². The zero-order valence-electron chi connectivity index (χ0n) is 10.9. The van der Waals surface area contributed by atoms with Crippen LogP contribution < -0.4 is 5.32 Å². The highest BCUT2D eigenvalue weighted by Gasteiger charge is 2.26. The number of aliphatic hydroxyl groups is 1. The largest absolute Gasteiger partial charge is 0.391 e. The molecular formula is C13H19Cl2NO2S. The fourth-order valence-electron chi connectivity index (χ4n) is 2.53. The van der Waals surface area contributed by atoms with Gasteiger partial charge in [-0.3, -0.25) is 0 Å². The molecule has 1 aliphatic rings. The summed E-state index contributed by atoms with van der Waals surface area (Å²) < 4.78 is 6.54. The number of hydrogen-bond donors (Lipinski definition) is 2. The molecule has 2 atom stereocenters. The zero-order chi connectivity index (χ0) is 13.8. The van der Waals surface area contributed by atoms with Crippen molar-refractivity contribution in [1.29, 1.82) is 0 Å². The van der Waals surface area contributed by atoms with E-state index in [4.69, 9.17) is 27.9 Å². The molecule has 6 heteroatoms. The second-order valence-electron chi connectivity index (χ2n) is 4.84. The van der Waals surface area contributed by atoms with Crippen LogP contribution in [0.5, 0.6) is 0 Å². The molecule has 0 aromatic carbocycles. The maximum absolute atomic E-state index is 9.62. The minimum atomic E-state index is -0.415. The monoisotopic (exact) mass is 323 g/mol. The van der Waals surface area contributed by atoms with E-state index in [1.807, 2.05) is 0 Å². The van der Waals surface area contributed by atoms with Crippen molar-refractivity contribution < 1.29 is 9.84 Å². The molecule has 0 saturated heterocycles. The summed E-state index contributed by atoms with van der Waals surface area (Å²) >= 11 is 13.9. The van der Waals surface area contributed by atoms with E-state index in [1.165, 1.54) is 22.5 Å². The Morgan fingerprint density at radius 2 is 2.26 bits per heavy atom. The van der Waals surface area contributed by atoms with E-state index in [2.05, 4.69) is 5.32 Å². The highest BCUT2D eigenvalue weighted by molar-refractivity contribution is 7.20. The fourth-order valence-corrected chi connectivity index (χ4v) is 4.42. The first kappa shape index (κ1) is 15.5. The molecule has 0 aliphatic heterocycles. The summed E-state index contributed by atoms with van der Waals surface area (Å²) in [5, 5.41) is 13.1. The molecule has 2 N–H and O–H groups in total. The van der Waals surface area contributed by atoms with Gasteiger partial charge >= 0.3 is 0 Å². The Hall–Kier alpha value is 0.160. The number of rotatable bonds is 6. The van der Waals surface area contributed by atoms with Gasteiger partial charge in [0.15, 0.2) is 0 Å². The van der Waals surface area contributed by atoms with Crippen molar-refractivity contribution in [2.45, 2.75) is 37.8 Å². The van der Waals surface area contributed by atoms with Gasteiger partial charge in [0.25, 0.3) is 0 Å². The highest BCUT2D eigenvalue weighted by atomic mass is 35.5. The van der Waals surface area contributed by atoms with Crippen LogP contribution in [0.15, 0.2) is 0 Å². The molecule has 0 spiro atoms. The van der Waals surface area contributed by atoms with Crippen LogP contribution in [0.1, 0.15) is 36.4 Å². The van der Waals surface area contributed by atoms with Crippen LogP contribution in [0, 0.1) is 0 Å². The van der Waals surface area contributed by atoms with Gasteiger partial charge < -0.3 is 15.2 Å². The van der Waals surface area contributed by atoms with Crippen molar-refractivity contribution in [3.63, 3.8) is 0 Å². The van der Waals surface area contributed by atoms with Crippen LogP contribution in [0.4, 0.5) is 0 Å². The molecular weight excluding hydrogens is 305 g/mol. The molecule has 0 amide bonds. The summed E-state index contributed by atoms with van der Waals surface area (Å²) in [6, 6.07) is 0.259. The van der Waals surface area contributed by atoms with E-state index in [-0.39, 0.29) is 6.04 Å². The Bertz CT molecular complexity index is 425. The number of thiophene rings is 1. The standard InChI is InChI=1S/C13H19Cl2NO2S/c1-18-7-8(17)5-6-16-10-4-2-3-9-11(10)13(15)19-12(9)14/h8,10,16-17H,2-7H2,1H3. The highest BCUT2D eigenvalue weighted by Crippen LogP contribution is 2.44. The number of aliphatic hydroxyl groups excluding tert-OH is 1. The van der Waals surface area contributed by atoms with Crippen molar-refractivity contribution in [3.8, 4) is 0 Å². The third-order valence-corrected chi connectivity index (χ3v) is 5.17. The quantitative estimate of drug-likeness (QED) is 0.842. The van der Waals surface area contributed by atoms with Crippen LogP contribution in [0.3, 0.4) is 0 Å². The molecule has 2 unspecified atom stereocenters. The first-order valence-corrected chi connectivity index (χ1v) is 8.07. The molecule has 1 aromatic heterocycles. The summed E-state index contributed by atoms with van der Waals surface area (Å²) in [5.74, 6) is 0. The molecule has 1 heterocycles. The van der Waals surface area contributed by atoms with Crippen LogP contribution in [-0.4, -0.2) is 31.5 Å². The SMILES string of the molecule is COCC(O)CCNC1CCCc2c(Cl)sc(Cl)c21. The third-order valence-electron chi connectivity index (χ3n) is 3.45. The summed E-state index contributed by atoms with van der Waals surface area (Å²) in [4.78, 5) is 0. The lowest BCUT2D eigenvalue weighted by atomic mass is 9.91. The number of ether oxygens (including phenoxy) is 1. The molecule has 1 aromatic rings. The average Bonchev–Trinajstić information content (AvgIpc) is 2.66. The van der Waals surface area contributed by atoms with Gasteiger partial charge in [-0.1, -0.05) is 23.2 Å². The smallest absolute Gasteiger partial charge is 0.0994 e. The van der Waals surface area contributed by atoms with Gasteiger partial charge in [0, 0.05) is 18.7 Å². The molecule has 0 fully saturated rings. The Balaban J connectivity index is 1.93. The van der Waals surface area contributed by atoms with Crippen molar-refractivity contribution >= 4 is 34.5 Å².